The highest BCUT2D eigenvalue weighted by molar-refractivity contribution is 6.05. The second-order valence-corrected chi connectivity index (χ2v) is 7.11. The van der Waals surface area contributed by atoms with Gasteiger partial charge >= 0.3 is 0 Å². The van der Waals surface area contributed by atoms with E-state index in [9.17, 15) is 9.59 Å². The van der Waals surface area contributed by atoms with Crippen LogP contribution < -0.4 is 5.32 Å². The van der Waals surface area contributed by atoms with E-state index in [0.717, 1.165) is 28.8 Å². The van der Waals surface area contributed by atoms with Crippen molar-refractivity contribution in [1.29, 1.82) is 0 Å². The maximum atomic E-state index is 12.6. The molecule has 5 heteroatoms. The van der Waals surface area contributed by atoms with E-state index in [2.05, 4.69) is 10.3 Å². The van der Waals surface area contributed by atoms with Crippen molar-refractivity contribution in [3.63, 3.8) is 0 Å². The third-order valence-electron chi connectivity index (χ3n) is 5.08. The topological polar surface area (TPSA) is 62.3 Å². The van der Waals surface area contributed by atoms with E-state index in [0.29, 0.717) is 17.7 Å². The van der Waals surface area contributed by atoms with Gasteiger partial charge in [-0.25, -0.2) is 0 Å². The minimum absolute atomic E-state index is 0.0689. The van der Waals surface area contributed by atoms with Gasteiger partial charge in [0.15, 0.2) is 0 Å². The molecule has 1 aromatic heterocycles. The lowest BCUT2D eigenvalue weighted by Crippen LogP contribution is -2.28. The highest BCUT2D eigenvalue weighted by Gasteiger charge is 2.14. The van der Waals surface area contributed by atoms with E-state index in [4.69, 9.17) is 0 Å². The number of amides is 2. The van der Waals surface area contributed by atoms with Crippen LogP contribution in [0.1, 0.15) is 37.4 Å². The average molecular weight is 387 g/mol. The molecule has 0 saturated heterocycles. The monoisotopic (exact) mass is 387 g/mol. The maximum Gasteiger partial charge on any atom is 0.255 e. The van der Waals surface area contributed by atoms with Gasteiger partial charge in [0.05, 0.1) is 0 Å². The van der Waals surface area contributed by atoms with Crippen molar-refractivity contribution in [2.24, 2.45) is 0 Å². The van der Waals surface area contributed by atoms with Crippen LogP contribution in [0.4, 0.5) is 5.69 Å². The molecule has 3 rings (SSSR count). The second kappa shape index (κ2) is 9.15. The minimum Gasteiger partial charge on any atom is -0.341 e. The normalized spacial score (nSPS) is 10.4. The molecule has 2 amide bonds. The van der Waals surface area contributed by atoms with Crippen molar-refractivity contribution in [3.05, 3.63) is 94.8 Å². The summed E-state index contributed by atoms with van der Waals surface area (Å²) in [5.74, 6) is -0.260. The van der Waals surface area contributed by atoms with Gasteiger partial charge in [0.25, 0.3) is 11.8 Å². The Hall–Kier alpha value is -3.47. The average Bonchev–Trinajstić information content (AvgIpc) is 2.75. The van der Waals surface area contributed by atoms with Crippen molar-refractivity contribution in [1.82, 2.24) is 9.88 Å². The molecule has 0 unspecified atom stereocenters. The van der Waals surface area contributed by atoms with Crippen LogP contribution in [0, 0.1) is 13.8 Å². The fraction of sp³-hybridized carbons (Fsp3) is 0.208. The molecule has 0 aliphatic carbocycles. The predicted molar refractivity (Wildman–Crippen MR) is 115 cm³/mol. The number of carbonyl (C=O) groups excluding carboxylic acids is 2. The Labute approximate surface area is 171 Å². The molecule has 0 aliphatic rings. The molecule has 5 nitrogen and oxygen atoms in total. The zero-order chi connectivity index (χ0) is 20.8. The van der Waals surface area contributed by atoms with Crippen molar-refractivity contribution in [3.8, 4) is 0 Å². The van der Waals surface area contributed by atoms with Crippen LogP contribution >= 0.6 is 0 Å². The van der Waals surface area contributed by atoms with E-state index >= 15 is 0 Å². The van der Waals surface area contributed by atoms with E-state index in [-0.39, 0.29) is 11.8 Å². The van der Waals surface area contributed by atoms with Crippen LogP contribution in [0.2, 0.25) is 0 Å². The van der Waals surface area contributed by atoms with Crippen molar-refractivity contribution >= 4 is 17.5 Å². The number of hydrogen-bond acceptors (Lipinski definition) is 3. The first-order chi connectivity index (χ1) is 14.0. The number of rotatable bonds is 6. The van der Waals surface area contributed by atoms with Gasteiger partial charge in [0.1, 0.15) is 0 Å². The molecular formula is C24H25N3O2. The molecule has 0 saturated carbocycles. The minimum atomic E-state index is -0.191. The molecule has 29 heavy (non-hydrogen) atoms. The van der Waals surface area contributed by atoms with Gasteiger partial charge in [-0.3, -0.25) is 14.6 Å². The Kier molecular flexibility index (Phi) is 6.39. The highest BCUT2D eigenvalue weighted by Crippen LogP contribution is 2.19. The van der Waals surface area contributed by atoms with Crippen LogP contribution in [0.3, 0.4) is 0 Å². The van der Waals surface area contributed by atoms with Crippen LogP contribution in [-0.2, 0) is 6.42 Å². The summed E-state index contributed by atoms with van der Waals surface area (Å²) in [4.78, 5) is 30.9. The zero-order valence-corrected chi connectivity index (χ0v) is 17.0. The van der Waals surface area contributed by atoms with Crippen molar-refractivity contribution in [2.75, 3.05) is 18.9 Å². The second-order valence-electron chi connectivity index (χ2n) is 7.11. The fourth-order valence-electron chi connectivity index (χ4n) is 3.01. The molecule has 0 atom stereocenters. The summed E-state index contributed by atoms with van der Waals surface area (Å²) < 4.78 is 0. The summed E-state index contributed by atoms with van der Waals surface area (Å²) in [5, 5.41) is 2.94. The Morgan fingerprint density at radius 1 is 0.931 bits per heavy atom. The number of benzene rings is 2. The molecule has 0 spiro atoms. The van der Waals surface area contributed by atoms with Gasteiger partial charge in [0.2, 0.25) is 0 Å². The number of hydrogen-bond donors (Lipinski definition) is 1. The van der Waals surface area contributed by atoms with Gasteiger partial charge in [-0.2, -0.15) is 0 Å². The quantitative estimate of drug-likeness (QED) is 0.687. The molecule has 0 fully saturated rings. The van der Waals surface area contributed by atoms with Gasteiger partial charge in [0, 0.05) is 42.8 Å². The van der Waals surface area contributed by atoms with Crippen LogP contribution in [-0.4, -0.2) is 35.3 Å². The molecule has 3 aromatic rings. The first-order valence-electron chi connectivity index (χ1n) is 9.57. The smallest absolute Gasteiger partial charge is 0.255 e. The molecular weight excluding hydrogens is 362 g/mol. The van der Waals surface area contributed by atoms with E-state index in [1.54, 1.807) is 48.6 Å². The molecule has 0 aliphatic heterocycles. The molecule has 148 valence electrons. The summed E-state index contributed by atoms with van der Waals surface area (Å²) in [6, 6.07) is 16.5. The molecule has 2 aromatic carbocycles. The Balaban J connectivity index is 1.62. The first-order valence-corrected chi connectivity index (χ1v) is 9.57. The third-order valence-corrected chi connectivity index (χ3v) is 5.08. The lowest BCUT2D eigenvalue weighted by atomic mass is 10.1. The fourth-order valence-corrected chi connectivity index (χ4v) is 3.01. The van der Waals surface area contributed by atoms with E-state index in [1.807, 2.05) is 44.2 Å². The highest BCUT2D eigenvalue weighted by atomic mass is 16.2. The summed E-state index contributed by atoms with van der Waals surface area (Å²) >= 11 is 0. The lowest BCUT2D eigenvalue weighted by Gasteiger charge is -2.17. The Morgan fingerprint density at radius 2 is 1.59 bits per heavy atom. The molecule has 1 N–H and O–H groups in total. The number of likely N-dealkylation sites (N-methyl/N-ethyl adjacent to an activating group) is 1. The van der Waals surface area contributed by atoms with Gasteiger partial charge < -0.3 is 10.2 Å². The molecule has 0 radical (unpaired) electrons. The number of aryl methyl sites for hydroxylation is 1. The largest absolute Gasteiger partial charge is 0.341 e. The zero-order valence-electron chi connectivity index (χ0n) is 17.0. The van der Waals surface area contributed by atoms with Crippen LogP contribution in [0.15, 0.2) is 67.0 Å². The lowest BCUT2D eigenvalue weighted by molar-refractivity contribution is 0.0796. The summed E-state index contributed by atoms with van der Waals surface area (Å²) in [6.45, 7) is 4.60. The number of pyridine rings is 1. The van der Waals surface area contributed by atoms with Gasteiger partial charge in [-0.05, 0) is 79.4 Å². The maximum absolute atomic E-state index is 12.6. The standard InChI is InChI=1S/C24H25N3O2/c1-17-5-4-6-22(18(17)2)26-23(28)20-7-9-21(10-8-20)24(29)27(3)16-13-19-11-14-25-15-12-19/h4-12,14-15H,13,16H2,1-3H3,(H,26,28). The third kappa shape index (κ3) is 5.08. The summed E-state index contributed by atoms with van der Waals surface area (Å²) in [7, 11) is 1.78. The Morgan fingerprint density at radius 3 is 2.28 bits per heavy atom. The number of aromatic nitrogens is 1. The molecule has 1 heterocycles. The summed E-state index contributed by atoms with van der Waals surface area (Å²) in [6.07, 6.45) is 4.26. The van der Waals surface area contributed by atoms with E-state index < -0.39 is 0 Å². The predicted octanol–water partition coefficient (Wildman–Crippen LogP) is 4.27. The molecule has 0 bridgehead atoms. The van der Waals surface area contributed by atoms with Crippen LogP contribution in [0.5, 0.6) is 0 Å². The SMILES string of the molecule is Cc1cccc(NC(=O)c2ccc(C(=O)N(C)CCc3ccncc3)cc2)c1C. The number of carbonyl (C=O) groups is 2. The van der Waals surface area contributed by atoms with Crippen molar-refractivity contribution in [2.45, 2.75) is 20.3 Å². The summed E-state index contributed by atoms with van der Waals surface area (Å²) in [5.41, 5.74) is 5.18. The van der Waals surface area contributed by atoms with Gasteiger partial charge in [-0.15, -0.1) is 0 Å². The van der Waals surface area contributed by atoms with Crippen LogP contribution in [0.25, 0.3) is 0 Å². The number of nitrogens with zero attached hydrogens (tertiary/aromatic N) is 2. The number of nitrogens with one attached hydrogen (secondary N) is 1. The number of anilines is 1. The first kappa shape index (κ1) is 20.3. The Bertz CT molecular complexity index is 998. The van der Waals surface area contributed by atoms with Crippen molar-refractivity contribution < 1.29 is 9.59 Å². The van der Waals surface area contributed by atoms with E-state index in [1.165, 1.54) is 0 Å². The van der Waals surface area contributed by atoms with Gasteiger partial charge in [-0.1, -0.05) is 12.1 Å².